The number of aliphatic carboxylic acids is 1. The molecule has 22 heteroatoms. The van der Waals surface area contributed by atoms with Crippen molar-refractivity contribution in [3.05, 3.63) is 71.5 Å². The van der Waals surface area contributed by atoms with Gasteiger partial charge < -0.3 is 66.5 Å². The highest BCUT2D eigenvalue weighted by molar-refractivity contribution is 7.86. The van der Waals surface area contributed by atoms with Gasteiger partial charge >= 0.3 is 5.97 Å². The van der Waals surface area contributed by atoms with Crippen LogP contribution in [0.2, 0.25) is 0 Å². The molecular formula is C51H77N2O18S2-. The van der Waals surface area contributed by atoms with Crippen LogP contribution in [0.3, 0.4) is 0 Å². The lowest BCUT2D eigenvalue weighted by atomic mass is 9.76. The average Bonchev–Trinajstić information content (AvgIpc) is 3.72. The van der Waals surface area contributed by atoms with Crippen LogP contribution in [-0.4, -0.2) is 194 Å². The number of methoxy groups -OCH3 is 2. The van der Waals surface area contributed by atoms with E-state index in [2.05, 4.69) is 9.48 Å². The maximum Gasteiger partial charge on any atom is 0.303 e. The minimum absolute atomic E-state index is 0.0279. The van der Waals surface area contributed by atoms with Gasteiger partial charge in [0.2, 0.25) is 5.69 Å². The fraction of sp³-hybridized carbons (Fsp3) is 0.647. The fourth-order valence-electron chi connectivity index (χ4n) is 8.80. The molecular weight excluding hydrogens is 993 g/mol. The number of hydrogen-bond acceptors (Lipinski definition) is 18. The van der Waals surface area contributed by atoms with Crippen LogP contribution in [0.15, 0.2) is 70.1 Å². The number of nitrogens with zero attached hydrogens (tertiary/aromatic N) is 2. The minimum atomic E-state index is -4.83. The number of ether oxygens (including phenoxy) is 10. The van der Waals surface area contributed by atoms with Crippen molar-refractivity contribution < 1.29 is 87.8 Å². The van der Waals surface area contributed by atoms with E-state index in [4.69, 9.17) is 47.4 Å². The third kappa shape index (κ3) is 19.4. The second-order valence-corrected chi connectivity index (χ2v) is 20.5. The number of rotatable bonds is 41. The lowest BCUT2D eigenvalue weighted by Crippen LogP contribution is -2.33. The van der Waals surface area contributed by atoms with E-state index in [1.165, 1.54) is 24.3 Å². The predicted octanol–water partition coefficient (Wildman–Crippen LogP) is 4.94. The molecule has 0 amide bonds. The van der Waals surface area contributed by atoms with Crippen LogP contribution in [0.25, 0.3) is 0 Å². The Morgan fingerprint density at radius 1 is 0.616 bits per heavy atom. The molecule has 0 aliphatic carbocycles. The first-order chi connectivity index (χ1) is 35.0. The van der Waals surface area contributed by atoms with Crippen LogP contribution >= 0.6 is 0 Å². The van der Waals surface area contributed by atoms with Crippen LogP contribution < -0.4 is 4.90 Å². The molecule has 2 aliphatic heterocycles. The van der Waals surface area contributed by atoms with E-state index in [9.17, 15) is 35.8 Å². The number of unbranched alkanes of at least 4 members (excludes halogenated alkanes) is 2. The van der Waals surface area contributed by atoms with Crippen molar-refractivity contribution in [2.45, 2.75) is 79.9 Å². The van der Waals surface area contributed by atoms with Gasteiger partial charge in [0.1, 0.15) is 26.8 Å². The van der Waals surface area contributed by atoms with Crippen molar-refractivity contribution in [1.29, 1.82) is 0 Å². The van der Waals surface area contributed by atoms with Gasteiger partial charge in [0.05, 0.1) is 121 Å². The second kappa shape index (κ2) is 32.0. The van der Waals surface area contributed by atoms with Crippen LogP contribution in [0.1, 0.15) is 70.4 Å². The molecule has 0 fully saturated rings. The van der Waals surface area contributed by atoms with Gasteiger partial charge in [0.15, 0.2) is 5.71 Å². The van der Waals surface area contributed by atoms with Gasteiger partial charge in [0, 0.05) is 81.3 Å². The summed E-state index contributed by atoms with van der Waals surface area (Å²) in [5, 5.41) is 9.29. The SMILES string of the molecule is CCN1/C(=C/C=C/C2=[N+](CCCCCC(=O)O)c3ccc(S(=O)(=O)[O-])cc3C2(C)CCOCCOCCOCCOCCOC)C(C)(CCOCCOCCOCCOCCOC)c2cc(S(=O)(=O)[O-])ccc21. The molecule has 20 nitrogen and oxygen atoms in total. The number of anilines is 1. The molecule has 0 spiro atoms. The Morgan fingerprint density at radius 2 is 1.05 bits per heavy atom. The number of carbonyl (C=O) groups is 1. The van der Waals surface area contributed by atoms with E-state index in [1.54, 1.807) is 26.4 Å². The molecule has 2 heterocycles. The Kier molecular flexibility index (Phi) is 27.1. The molecule has 0 saturated heterocycles. The largest absolute Gasteiger partial charge is 0.744 e. The lowest BCUT2D eigenvalue weighted by molar-refractivity contribution is -0.438. The highest BCUT2D eigenvalue weighted by atomic mass is 32.2. The fourth-order valence-corrected chi connectivity index (χ4v) is 9.79. The molecule has 4 rings (SSSR count). The lowest BCUT2D eigenvalue weighted by Gasteiger charge is -2.30. The van der Waals surface area contributed by atoms with Gasteiger partial charge in [-0.1, -0.05) is 6.08 Å². The predicted molar refractivity (Wildman–Crippen MR) is 269 cm³/mol. The number of allylic oxidation sites excluding steroid dienone is 4. The summed E-state index contributed by atoms with van der Waals surface area (Å²) in [6.45, 7) is 14.0. The Bertz CT molecular complexity index is 2330. The van der Waals surface area contributed by atoms with Crippen molar-refractivity contribution >= 4 is 43.3 Å². The molecule has 2 atom stereocenters. The third-order valence-electron chi connectivity index (χ3n) is 12.7. The molecule has 0 radical (unpaired) electrons. The molecule has 2 aromatic carbocycles. The smallest absolute Gasteiger partial charge is 0.303 e. The van der Waals surface area contributed by atoms with E-state index in [1.807, 2.05) is 39.0 Å². The van der Waals surface area contributed by atoms with Gasteiger partial charge in [-0.05, 0) is 88.4 Å². The van der Waals surface area contributed by atoms with Crippen molar-refractivity contribution in [2.75, 3.05) is 151 Å². The van der Waals surface area contributed by atoms with Crippen LogP contribution in [0.4, 0.5) is 11.4 Å². The summed E-state index contributed by atoms with van der Waals surface area (Å²) in [6, 6.07) is 8.82. The summed E-state index contributed by atoms with van der Waals surface area (Å²) in [5.41, 5.74) is 2.66. The molecule has 2 aliphatic rings. The zero-order valence-electron chi connectivity index (χ0n) is 43.2. The van der Waals surface area contributed by atoms with Gasteiger partial charge in [-0.3, -0.25) is 4.79 Å². The maximum absolute atomic E-state index is 12.4. The summed E-state index contributed by atoms with van der Waals surface area (Å²) in [5.74, 6) is -0.880. The summed E-state index contributed by atoms with van der Waals surface area (Å²) in [7, 11) is -6.39. The van der Waals surface area contributed by atoms with Crippen LogP contribution in [0.5, 0.6) is 0 Å². The van der Waals surface area contributed by atoms with E-state index in [0.717, 1.165) is 17.1 Å². The second-order valence-electron chi connectivity index (χ2n) is 17.7. The Hall–Kier alpha value is -3.72. The Balaban J connectivity index is 1.58. The van der Waals surface area contributed by atoms with E-state index >= 15 is 0 Å². The first-order valence-electron chi connectivity index (χ1n) is 24.9. The molecule has 0 aromatic heterocycles. The van der Waals surface area contributed by atoms with Gasteiger partial charge in [-0.15, -0.1) is 0 Å². The van der Waals surface area contributed by atoms with Crippen molar-refractivity contribution in [3.8, 4) is 0 Å². The highest BCUT2D eigenvalue weighted by Crippen LogP contribution is 2.51. The zero-order chi connectivity index (χ0) is 53.2. The summed E-state index contributed by atoms with van der Waals surface area (Å²) in [4.78, 5) is 12.7. The third-order valence-corrected chi connectivity index (χ3v) is 14.3. The molecule has 0 saturated carbocycles. The normalized spacial score (nSPS) is 18.5. The maximum atomic E-state index is 12.4. The van der Waals surface area contributed by atoms with Crippen LogP contribution in [0, 0.1) is 0 Å². The van der Waals surface area contributed by atoms with Gasteiger partial charge in [-0.2, -0.15) is 4.58 Å². The molecule has 73 heavy (non-hydrogen) atoms. The summed E-state index contributed by atoms with van der Waals surface area (Å²) < 4.78 is 132. The number of carboxylic acid groups (broad SMARTS) is 1. The number of hydrogen-bond donors (Lipinski definition) is 1. The average molecular weight is 1070 g/mol. The summed E-state index contributed by atoms with van der Waals surface area (Å²) in [6.07, 6.45) is 8.36. The standard InChI is InChI=1S/C51H78N2O18S2/c1-6-52-45-16-14-41(72(56,57)58)39-43(45)50(2,18-21-64-27-29-68-35-37-70-33-31-66-25-23-62-4)47(52)11-10-12-48-51(3,19-22-65-28-30-69-36-38-71-34-32-67-26-24-63-5)44-40-42(73(59,60)61)15-17-46(44)53(48)20-9-7-8-13-49(54)55/h10-12,14-17,39-40H,6-9,13,18-38H2,1-5H3,(H2-,54,55,56,57,58,59,60,61)/p-1. The van der Waals surface area contributed by atoms with E-state index in [0.29, 0.717) is 161 Å². The quantitative estimate of drug-likeness (QED) is 0.0526. The van der Waals surface area contributed by atoms with Crippen LogP contribution in [-0.2, 0) is 83.2 Å². The topological polar surface area (TPSA) is 250 Å². The van der Waals surface area contributed by atoms with E-state index in [-0.39, 0.29) is 36.0 Å². The molecule has 412 valence electrons. The highest BCUT2D eigenvalue weighted by Gasteiger charge is 2.48. The van der Waals surface area contributed by atoms with Gasteiger partial charge in [-0.25, -0.2) is 16.8 Å². The van der Waals surface area contributed by atoms with Crippen molar-refractivity contribution in [1.82, 2.24) is 0 Å². The Morgan fingerprint density at radius 3 is 1.51 bits per heavy atom. The number of likely N-dealkylation sites (N-methyl/N-ethyl adjacent to an activating group) is 1. The molecule has 1 N–H and O–H groups in total. The van der Waals surface area contributed by atoms with Crippen molar-refractivity contribution in [2.24, 2.45) is 0 Å². The monoisotopic (exact) mass is 1070 g/mol. The summed E-state index contributed by atoms with van der Waals surface area (Å²) >= 11 is 0. The number of carboxylic acids is 1. The molecule has 2 aromatic rings. The molecule has 2 unspecified atom stereocenters. The Labute approximate surface area is 432 Å². The zero-order valence-corrected chi connectivity index (χ0v) is 44.8. The van der Waals surface area contributed by atoms with Crippen molar-refractivity contribution in [3.63, 3.8) is 0 Å². The molecule has 0 bridgehead atoms. The minimum Gasteiger partial charge on any atom is -0.744 e. The van der Waals surface area contributed by atoms with Gasteiger partial charge in [0.25, 0.3) is 0 Å². The number of fused-ring (bicyclic) bond motifs is 2. The first-order valence-corrected chi connectivity index (χ1v) is 27.7. The van der Waals surface area contributed by atoms with E-state index < -0.39 is 37.0 Å². The first kappa shape index (κ1) is 61.8. The number of benzene rings is 2.